The normalized spacial score (nSPS) is 19.0. The van der Waals surface area contributed by atoms with E-state index in [2.05, 4.69) is 17.1 Å². The molecular weight excluding hydrogens is 284 g/mol. The largest absolute Gasteiger partial charge is 0.489 e. The lowest BCUT2D eigenvalue weighted by molar-refractivity contribution is 0.0652. The molecule has 0 radical (unpaired) electrons. The average Bonchev–Trinajstić information content (AvgIpc) is 2.97. The number of likely N-dealkylation sites (N-methyl/N-ethyl adjacent to an activating group) is 1. The number of carboxylic acids is 1. The first-order valence-electron chi connectivity index (χ1n) is 7.27. The molecule has 116 valence electrons. The highest BCUT2D eigenvalue weighted by Crippen LogP contribution is 2.25. The number of benzene rings is 1. The van der Waals surface area contributed by atoms with E-state index in [0.717, 1.165) is 37.2 Å². The van der Waals surface area contributed by atoms with Crippen molar-refractivity contribution in [2.24, 2.45) is 0 Å². The zero-order valence-electron chi connectivity index (χ0n) is 12.4. The van der Waals surface area contributed by atoms with E-state index in [1.54, 1.807) is 0 Å². The van der Waals surface area contributed by atoms with Crippen LogP contribution in [-0.4, -0.2) is 47.4 Å². The minimum atomic E-state index is -1.13. The average molecular weight is 302 g/mol. The van der Waals surface area contributed by atoms with Crippen molar-refractivity contribution in [2.45, 2.75) is 18.9 Å². The second-order valence-corrected chi connectivity index (χ2v) is 5.55. The summed E-state index contributed by atoms with van der Waals surface area (Å²) in [5.41, 5.74) is 1.27. The molecule has 22 heavy (non-hydrogen) atoms. The molecule has 3 rings (SSSR count). The van der Waals surface area contributed by atoms with Crippen LogP contribution >= 0.6 is 0 Å². The third-order valence-corrected chi connectivity index (χ3v) is 3.73. The van der Waals surface area contributed by atoms with Crippen LogP contribution in [0.3, 0.4) is 0 Å². The van der Waals surface area contributed by atoms with Gasteiger partial charge in [0.15, 0.2) is 0 Å². The first-order valence-corrected chi connectivity index (χ1v) is 7.27. The molecule has 0 bridgehead atoms. The van der Waals surface area contributed by atoms with Gasteiger partial charge in [0.2, 0.25) is 5.76 Å². The molecule has 1 aliphatic rings. The number of rotatable bonds is 4. The van der Waals surface area contributed by atoms with Crippen molar-refractivity contribution in [3.63, 3.8) is 0 Å². The summed E-state index contributed by atoms with van der Waals surface area (Å²) in [6.07, 6.45) is 2.36. The molecule has 2 heterocycles. The lowest BCUT2D eigenvalue weighted by atomic mass is 10.1. The quantitative estimate of drug-likeness (QED) is 0.935. The van der Waals surface area contributed by atoms with Gasteiger partial charge in [-0.1, -0.05) is 17.3 Å². The van der Waals surface area contributed by atoms with Gasteiger partial charge in [-0.2, -0.15) is 0 Å². The van der Waals surface area contributed by atoms with Gasteiger partial charge in [0.1, 0.15) is 17.5 Å². The van der Waals surface area contributed by atoms with E-state index in [4.69, 9.17) is 14.4 Å². The number of likely N-dealkylation sites (tertiary alicyclic amines) is 1. The highest BCUT2D eigenvalue weighted by molar-refractivity contribution is 5.85. The molecule has 1 aromatic heterocycles. The fourth-order valence-corrected chi connectivity index (χ4v) is 2.65. The Kier molecular flexibility index (Phi) is 4.11. The van der Waals surface area contributed by atoms with E-state index in [9.17, 15) is 4.79 Å². The van der Waals surface area contributed by atoms with Crippen molar-refractivity contribution < 1.29 is 19.2 Å². The maximum absolute atomic E-state index is 10.8. The summed E-state index contributed by atoms with van der Waals surface area (Å²) in [4.78, 5) is 13.1. The summed E-state index contributed by atoms with van der Waals surface area (Å²) in [7, 11) is 2.09. The Labute approximate surface area is 128 Å². The molecule has 2 aromatic rings. The Balaban J connectivity index is 1.75. The van der Waals surface area contributed by atoms with Crippen LogP contribution in [0.1, 0.15) is 23.4 Å². The first kappa shape index (κ1) is 14.6. The van der Waals surface area contributed by atoms with Crippen molar-refractivity contribution in [2.75, 3.05) is 20.1 Å². The summed E-state index contributed by atoms with van der Waals surface area (Å²) in [6, 6.07) is 8.89. The highest BCUT2D eigenvalue weighted by Gasteiger charge is 2.19. The van der Waals surface area contributed by atoms with E-state index in [1.807, 2.05) is 24.3 Å². The van der Waals surface area contributed by atoms with E-state index in [0.29, 0.717) is 5.69 Å². The van der Waals surface area contributed by atoms with Crippen molar-refractivity contribution >= 4 is 5.97 Å². The summed E-state index contributed by atoms with van der Waals surface area (Å²) in [5, 5.41) is 12.7. The molecule has 1 fully saturated rings. The number of carboxylic acid groups (broad SMARTS) is 1. The van der Waals surface area contributed by atoms with E-state index in [1.165, 1.54) is 6.07 Å². The van der Waals surface area contributed by atoms with E-state index >= 15 is 0 Å². The second kappa shape index (κ2) is 6.19. The van der Waals surface area contributed by atoms with Crippen LogP contribution < -0.4 is 4.74 Å². The van der Waals surface area contributed by atoms with Crippen LogP contribution in [0.25, 0.3) is 11.3 Å². The highest BCUT2D eigenvalue weighted by atomic mass is 16.5. The zero-order chi connectivity index (χ0) is 15.5. The Morgan fingerprint density at radius 1 is 1.45 bits per heavy atom. The number of carbonyl (C=O) groups is 1. The number of aromatic nitrogens is 1. The lowest BCUT2D eigenvalue weighted by Crippen LogP contribution is -2.38. The molecular formula is C16H18N2O4. The molecule has 1 aliphatic heterocycles. The monoisotopic (exact) mass is 302 g/mol. The standard InChI is InChI=1S/C16H18N2O4/c1-18-7-3-6-13(10-18)21-12-5-2-4-11(8-12)14-9-15(16(19)20)22-17-14/h2,4-5,8-9,13H,3,6-7,10H2,1H3,(H,19,20). The zero-order valence-corrected chi connectivity index (χ0v) is 12.4. The molecule has 0 amide bonds. The Bertz CT molecular complexity index is 668. The first-order chi connectivity index (χ1) is 10.6. The Hall–Kier alpha value is -2.34. The van der Waals surface area contributed by atoms with Gasteiger partial charge in [0.25, 0.3) is 0 Å². The number of nitrogens with zero attached hydrogens (tertiary/aromatic N) is 2. The van der Waals surface area contributed by atoms with E-state index in [-0.39, 0.29) is 11.9 Å². The molecule has 1 N–H and O–H groups in total. The molecule has 0 aliphatic carbocycles. The summed E-state index contributed by atoms with van der Waals surface area (Å²) < 4.78 is 10.8. The second-order valence-electron chi connectivity index (χ2n) is 5.55. The number of piperidine rings is 1. The van der Waals surface area contributed by atoms with Gasteiger partial charge >= 0.3 is 5.97 Å². The van der Waals surface area contributed by atoms with Crippen molar-refractivity contribution in [1.29, 1.82) is 0 Å². The minimum absolute atomic E-state index is 0.171. The number of aromatic carboxylic acids is 1. The third kappa shape index (κ3) is 3.28. The molecule has 1 unspecified atom stereocenters. The van der Waals surface area contributed by atoms with Gasteiger partial charge in [0.05, 0.1) is 0 Å². The van der Waals surface area contributed by atoms with Crippen molar-refractivity contribution in [1.82, 2.24) is 10.1 Å². The van der Waals surface area contributed by atoms with Crippen LogP contribution in [0, 0.1) is 0 Å². The molecule has 1 saturated heterocycles. The van der Waals surface area contributed by atoms with Gasteiger partial charge in [-0.25, -0.2) is 4.79 Å². The van der Waals surface area contributed by atoms with Gasteiger partial charge in [-0.15, -0.1) is 0 Å². The summed E-state index contributed by atoms with van der Waals surface area (Å²) in [6.45, 7) is 2.02. The van der Waals surface area contributed by atoms with E-state index < -0.39 is 5.97 Å². The summed E-state index contributed by atoms with van der Waals surface area (Å²) >= 11 is 0. The van der Waals surface area contributed by atoms with Gasteiger partial charge < -0.3 is 19.3 Å². The molecule has 0 saturated carbocycles. The topological polar surface area (TPSA) is 75.8 Å². The fraction of sp³-hybridized carbons (Fsp3) is 0.375. The number of ether oxygens (including phenoxy) is 1. The third-order valence-electron chi connectivity index (χ3n) is 3.73. The van der Waals surface area contributed by atoms with Crippen LogP contribution in [0.2, 0.25) is 0 Å². The van der Waals surface area contributed by atoms with Crippen molar-refractivity contribution in [3.8, 4) is 17.0 Å². The molecule has 6 heteroatoms. The van der Waals surface area contributed by atoms with Crippen LogP contribution in [-0.2, 0) is 0 Å². The van der Waals surface area contributed by atoms with Gasteiger partial charge in [-0.05, 0) is 38.6 Å². The fourth-order valence-electron chi connectivity index (χ4n) is 2.65. The smallest absolute Gasteiger partial charge is 0.374 e. The molecule has 1 aromatic carbocycles. The predicted octanol–water partition coefficient (Wildman–Crippen LogP) is 2.51. The number of hydrogen-bond acceptors (Lipinski definition) is 5. The van der Waals surface area contributed by atoms with Gasteiger partial charge in [-0.3, -0.25) is 0 Å². The van der Waals surface area contributed by atoms with Gasteiger partial charge in [0, 0.05) is 18.2 Å². The van der Waals surface area contributed by atoms with Crippen LogP contribution in [0.5, 0.6) is 5.75 Å². The Morgan fingerprint density at radius 2 is 2.32 bits per heavy atom. The molecule has 0 spiro atoms. The summed E-state index contributed by atoms with van der Waals surface area (Å²) in [5.74, 6) is -0.538. The lowest BCUT2D eigenvalue weighted by Gasteiger charge is -2.30. The maximum atomic E-state index is 10.8. The molecule has 6 nitrogen and oxygen atoms in total. The molecule has 1 atom stereocenters. The maximum Gasteiger partial charge on any atom is 0.374 e. The SMILES string of the molecule is CN1CCCC(Oc2cccc(-c3cc(C(=O)O)on3)c2)C1. The number of hydrogen-bond donors (Lipinski definition) is 1. The predicted molar refractivity (Wildman–Crippen MR) is 80.0 cm³/mol. The Morgan fingerprint density at radius 3 is 3.05 bits per heavy atom. The van der Waals surface area contributed by atoms with Crippen molar-refractivity contribution in [3.05, 3.63) is 36.1 Å². The minimum Gasteiger partial charge on any atom is -0.489 e. The van der Waals surface area contributed by atoms with Crippen LogP contribution in [0.15, 0.2) is 34.9 Å². The van der Waals surface area contributed by atoms with Crippen LogP contribution in [0.4, 0.5) is 0 Å².